The zero-order valence-electron chi connectivity index (χ0n) is 11.2. The Morgan fingerprint density at radius 1 is 1.35 bits per heavy atom. The van der Waals surface area contributed by atoms with Crippen molar-refractivity contribution in [1.29, 1.82) is 0 Å². The summed E-state index contributed by atoms with van der Waals surface area (Å²) in [7, 11) is 0. The molecule has 1 amide bonds. The lowest BCUT2D eigenvalue weighted by Gasteiger charge is -2.41. The fourth-order valence-electron chi connectivity index (χ4n) is 2.89. The summed E-state index contributed by atoms with van der Waals surface area (Å²) in [4.78, 5) is 14.1. The Labute approximate surface area is 123 Å². The van der Waals surface area contributed by atoms with E-state index >= 15 is 0 Å². The van der Waals surface area contributed by atoms with Crippen LogP contribution < -0.4 is 0 Å². The number of carbonyl (C=O) groups is 1. The van der Waals surface area contributed by atoms with E-state index in [2.05, 4.69) is 0 Å². The summed E-state index contributed by atoms with van der Waals surface area (Å²) in [6, 6.07) is 7.25. The molecule has 20 heavy (non-hydrogen) atoms. The van der Waals surface area contributed by atoms with Crippen LogP contribution in [0.25, 0.3) is 0 Å². The summed E-state index contributed by atoms with van der Waals surface area (Å²) in [6.45, 7) is 0.588. The van der Waals surface area contributed by atoms with Gasteiger partial charge in [-0.25, -0.2) is 0 Å². The van der Waals surface area contributed by atoms with Crippen LogP contribution in [-0.4, -0.2) is 41.8 Å². The van der Waals surface area contributed by atoms with Crippen LogP contribution in [0.2, 0.25) is 5.02 Å². The molecule has 1 aliphatic heterocycles. The van der Waals surface area contributed by atoms with Crippen molar-refractivity contribution in [3.8, 4) is 0 Å². The van der Waals surface area contributed by atoms with Gasteiger partial charge in [0.2, 0.25) is 5.91 Å². The predicted octanol–water partition coefficient (Wildman–Crippen LogP) is 2.01. The zero-order chi connectivity index (χ0) is 14.1. The van der Waals surface area contributed by atoms with Gasteiger partial charge in [-0.05, 0) is 36.5 Å². The SMILES string of the molecule is O=C1COC[C@@H](c2ccc(Cl)cc2)N1C(CO)C1CC1. The highest BCUT2D eigenvalue weighted by molar-refractivity contribution is 6.30. The topological polar surface area (TPSA) is 49.8 Å². The number of benzene rings is 1. The third-order valence-corrected chi connectivity index (χ3v) is 4.34. The predicted molar refractivity (Wildman–Crippen MR) is 75.5 cm³/mol. The van der Waals surface area contributed by atoms with Gasteiger partial charge in [-0.15, -0.1) is 0 Å². The number of carbonyl (C=O) groups excluding carboxylic acids is 1. The van der Waals surface area contributed by atoms with Crippen LogP contribution >= 0.6 is 11.6 Å². The smallest absolute Gasteiger partial charge is 0.249 e. The van der Waals surface area contributed by atoms with Crippen molar-refractivity contribution in [1.82, 2.24) is 4.90 Å². The molecule has 1 heterocycles. The fraction of sp³-hybridized carbons (Fsp3) is 0.533. The summed E-state index contributed by atoms with van der Waals surface area (Å²) >= 11 is 5.91. The number of aliphatic hydroxyl groups excluding tert-OH is 1. The van der Waals surface area contributed by atoms with E-state index in [9.17, 15) is 9.90 Å². The Balaban J connectivity index is 1.89. The van der Waals surface area contributed by atoms with Gasteiger partial charge >= 0.3 is 0 Å². The molecular weight excluding hydrogens is 278 g/mol. The highest BCUT2D eigenvalue weighted by Gasteiger charge is 2.42. The van der Waals surface area contributed by atoms with Gasteiger partial charge in [0.05, 0.1) is 25.3 Å². The number of hydrogen-bond acceptors (Lipinski definition) is 3. The Bertz CT molecular complexity index is 486. The summed E-state index contributed by atoms with van der Waals surface area (Å²) in [6.07, 6.45) is 2.17. The molecule has 1 unspecified atom stereocenters. The number of rotatable bonds is 4. The van der Waals surface area contributed by atoms with Crippen LogP contribution in [0.3, 0.4) is 0 Å². The molecular formula is C15H18ClNO3. The van der Waals surface area contributed by atoms with Gasteiger partial charge in [-0.3, -0.25) is 4.79 Å². The lowest BCUT2D eigenvalue weighted by Crippen LogP contribution is -2.51. The molecule has 1 saturated carbocycles. The quantitative estimate of drug-likeness (QED) is 0.924. The van der Waals surface area contributed by atoms with Crippen LogP contribution in [0.15, 0.2) is 24.3 Å². The number of aliphatic hydroxyl groups is 1. The molecule has 2 aliphatic rings. The van der Waals surface area contributed by atoms with Crippen LogP contribution in [0.5, 0.6) is 0 Å². The molecule has 1 aromatic carbocycles. The number of morpholine rings is 1. The van der Waals surface area contributed by atoms with E-state index < -0.39 is 0 Å². The summed E-state index contributed by atoms with van der Waals surface area (Å²) in [5.74, 6) is 0.388. The number of hydrogen-bond donors (Lipinski definition) is 1. The summed E-state index contributed by atoms with van der Waals surface area (Å²) in [5, 5.41) is 10.3. The van der Waals surface area contributed by atoms with Gasteiger partial charge in [-0.1, -0.05) is 23.7 Å². The molecule has 0 spiro atoms. The monoisotopic (exact) mass is 295 g/mol. The molecule has 4 nitrogen and oxygen atoms in total. The Kier molecular flexibility index (Phi) is 3.96. The number of nitrogens with zero attached hydrogens (tertiary/aromatic N) is 1. The maximum atomic E-state index is 12.2. The van der Waals surface area contributed by atoms with Crippen molar-refractivity contribution in [2.24, 2.45) is 5.92 Å². The first-order valence-corrected chi connectivity index (χ1v) is 7.33. The van der Waals surface area contributed by atoms with Gasteiger partial charge in [0.25, 0.3) is 0 Å². The number of halogens is 1. The fourth-order valence-corrected chi connectivity index (χ4v) is 3.02. The molecule has 1 aromatic rings. The van der Waals surface area contributed by atoms with E-state index in [0.717, 1.165) is 18.4 Å². The van der Waals surface area contributed by atoms with Crippen molar-refractivity contribution in [3.05, 3.63) is 34.9 Å². The van der Waals surface area contributed by atoms with Gasteiger partial charge < -0.3 is 14.7 Å². The van der Waals surface area contributed by atoms with E-state index in [-0.39, 0.29) is 31.2 Å². The van der Waals surface area contributed by atoms with Gasteiger partial charge in [0.15, 0.2) is 0 Å². The van der Waals surface area contributed by atoms with Gasteiger partial charge in [-0.2, -0.15) is 0 Å². The first-order chi connectivity index (χ1) is 9.70. The molecule has 108 valence electrons. The molecule has 0 bridgehead atoms. The molecule has 2 fully saturated rings. The minimum atomic E-state index is -0.133. The number of ether oxygens (including phenoxy) is 1. The van der Waals surface area contributed by atoms with Crippen molar-refractivity contribution in [2.75, 3.05) is 19.8 Å². The maximum Gasteiger partial charge on any atom is 0.249 e. The first-order valence-electron chi connectivity index (χ1n) is 6.96. The standard InChI is InChI=1S/C15H18ClNO3/c16-12-5-3-11(4-6-12)14-8-20-9-15(19)17(14)13(7-18)10-1-2-10/h3-6,10,13-14,18H,1-2,7-9H2/t13?,14-/m0/s1. The largest absolute Gasteiger partial charge is 0.394 e. The van der Waals surface area contributed by atoms with Crippen molar-refractivity contribution < 1.29 is 14.6 Å². The van der Waals surface area contributed by atoms with E-state index in [0.29, 0.717) is 17.5 Å². The van der Waals surface area contributed by atoms with Gasteiger partial charge in [0.1, 0.15) is 6.61 Å². The first kappa shape index (κ1) is 13.9. The molecule has 1 N–H and O–H groups in total. The van der Waals surface area contributed by atoms with Crippen molar-refractivity contribution in [2.45, 2.75) is 24.9 Å². The second-order valence-corrected chi connectivity index (χ2v) is 5.91. The molecule has 0 aromatic heterocycles. The van der Waals surface area contributed by atoms with E-state index in [1.807, 2.05) is 29.2 Å². The third kappa shape index (κ3) is 2.68. The second-order valence-electron chi connectivity index (χ2n) is 5.47. The Hall–Kier alpha value is -1.10. The highest BCUT2D eigenvalue weighted by atomic mass is 35.5. The Morgan fingerprint density at radius 2 is 2.05 bits per heavy atom. The number of amides is 1. The molecule has 5 heteroatoms. The minimum absolute atomic E-state index is 0.0144. The summed E-state index contributed by atoms with van der Waals surface area (Å²) < 4.78 is 5.40. The minimum Gasteiger partial charge on any atom is -0.394 e. The normalized spacial score (nSPS) is 24.8. The van der Waals surface area contributed by atoms with Crippen LogP contribution in [-0.2, 0) is 9.53 Å². The molecule has 0 radical (unpaired) electrons. The third-order valence-electron chi connectivity index (χ3n) is 4.09. The average molecular weight is 296 g/mol. The van der Waals surface area contributed by atoms with Crippen LogP contribution in [0.4, 0.5) is 0 Å². The van der Waals surface area contributed by atoms with E-state index in [4.69, 9.17) is 16.3 Å². The second kappa shape index (κ2) is 5.72. The van der Waals surface area contributed by atoms with E-state index in [1.165, 1.54) is 0 Å². The maximum absolute atomic E-state index is 12.2. The zero-order valence-corrected chi connectivity index (χ0v) is 11.9. The van der Waals surface area contributed by atoms with E-state index in [1.54, 1.807) is 0 Å². The lowest BCUT2D eigenvalue weighted by atomic mass is 10.0. The average Bonchev–Trinajstić information content (AvgIpc) is 3.27. The molecule has 3 rings (SSSR count). The summed E-state index contributed by atoms with van der Waals surface area (Å²) in [5.41, 5.74) is 1.00. The molecule has 1 saturated heterocycles. The van der Waals surface area contributed by atoms with Gasteiger partial charge in [0, 0.05) is 5.02 Å². The van der Waals surface area contributed by atoms with Crippen LogP contribution in [0, 0.1) is 5.92 Å². The van der Waals surface area contributed by atoms with Crippen molar-refractivity contribution >= 4 is 17.5 Å². The van der Waals surface area contributed by atoms with Crippen molar-refractivity contribution in [3.63, 3.8) is 0 Å². The highest BCUT2D eigenvalue weighted by Crippen LogP contribution is 2.39. The molecule has 2 atom stereocenters. The lowest BCUT2D eigenvalue weighted by molar-refractivity contribution is -0.154. The molecule has 1 aliphatic carbocycles. The Morgan fingerprint density at radius 3 is 2.65 bits per heavy atom. The van der Waals surface area contributed by atoms with Crippen LogP contribution in [0.1, 0.15) is 24.4 Å².